The molecular weight excluding hydrogens is 340 g/mol. The van der Waals surface area contributed by atoms with Crippen molar-refractivity contribution in [2.45, 2.75) is 76.0 Å². The maximum Gasteiger partial charge on any atom is 0.191 e. The number of aliphatic imine (C=N–C) groups is 1. The predicted molar refractivity (Wildman–Crippen MR) is 110 cm³/mol. The predicted octanol–water partition coefficient (Wildman–Crippen LogP) is 2.39. The van der Waals surface area contributed by atoms with Gasteiger partial charge in [0, 0.05) is 50.4 Å². The highest BCUT2D eigenvalue weighted by Crippen LogP contribution is 2.53. The van der Waals surface area contributed by atoms with E-state index in [0.717, 1.165) is 51.6 Å². The SMILES string of the molecule is CCOC1CC(NC(=NC)NCC2(N(C)C)CCOCC2)C12CCCCC2. The molecule has 0 amide bonds. The first-order valence-electron chi connectivity index (χ1n) is 10.9. The molecule has 0 radical (unpaired) electrons. The van der Waals surface area contributed by atoms with Crippen LogP contribution >= 0.6 is 0 Å². The topological polar surface area (TPSA) is 58.1 Å². The van der Waals surface area contributed by atoms with Crippen molar-refractivity contribution in [2.75, 3.05) is 47.5 Å². The highest BCUT2D eigenvalue weighted by atomic mass is 16.5. The lowest BCUT2D eigenvalue weighted by Crippen LogP contribution is -2.67. The Morgan fingerprint density at radius 3 is 2.44 bits per heavy atom. The highest BCUT2D eigenvalue weighted by molar-refractivity contribution is 5.80. The van der Waals surface area contributed by atoms with Crippen molar-refractivity contribution in [2.24, 2.45) is 10.4 Å². The number of nitrogens with one attached hydrogen (secondary N) is 2. The van der Waals surface area contributed by atoms with Gasteiger partial charge in [-0.1, -0.05) is 19.3 Å². The summed E-state index contributed by atoms with van der Waals surface area (Å²) in [5.74, 6) is 0.938. The molecule has 2 aliphatic carbocycles. The Kier molecular flexibility index (Phi) is 7.03. The summed E-state index contributed by atoms with van der Waals surface area (Å²) in [7, 11) is 6.24. The van der Waals surface area contributed by atoms with Gasteiger partial charge in [-0.3, -0.25) is 4.99 Å². The van der Waals surface area contributed by atoms with E-state index < -0.39 is 0 Å². The summed E-state index contributed by atoms with van der Waals surface area (Å²) in [6.07, 6.45) is 10.2. The monoisotopic (exact) mass is 380 g/mol. The molecule has 1 heterocycles. The fourth-order valence-electron chi connectivity index (χ4n) is 5.41. The van der Waals surface area contributed by atoms with Crippen LogP contribution < -0.4 is 10.6 Å². The van der Waals surface area contributed by atoms with Gasteiger partial charge in [0.1, 0.15) is 0 Å². The standard InChI is InChI=1S/C21H40N4O2/c1-5-27-18-15-17(21(18)9-7-6-8-10-21)24-19(22-2)23-16-20(25(3)4)11-13-26-14-12-20/h17-18H,5-16H2,1-4H3,(H2,22,23,24). The van der Waals surface area contributed by atoms with Gasteiger partial charge in [0.2, 0.25) is 0 Å². The van der Waals surface area contributed by atoms with Crippen molar-refractivity contribution in [3.05, 3.63) is 0 Å². The molecule has 1 aliphatic heterocycles. The molecule has 0 aromatic rings. The van der Waals surface area contributed by atoms with Gasteiger partial charge in [-0.2, -0.15) is 0 Å². The van der Waals surface area contributed by atoms with E-state index >= 15 is 0 Å². The average molecular weight is 381 g/mol. The van der Waals surface area contributed by atoms with E-state index in [-0.39, 0.29) is 5.54 Å². The van der Waals surface area contributed by atoms with E-state index in [2.05, 4.69) is 41.5 Å². The zero-order valence-corrected chi connectivity index (χ0v) is 17.9. The van der Waals surface area contributed by atoms with Crippen LogP contribution in [-0.2, 0) is 9.47 Å². The summed E-state index contributed by atoms with van der Waals surface area (Å²) in [5, 5.41) is 7.39. The summed E-state index contributed by atoms with van der Waals surface area (Å²) >= 11 is 0. The second kappa shape index (κ2) is 9.10. The van der Waals surface area contributed by atoms with E-state index in [1.54, 1.807) is 0 Å². The largest absolute Gasteiger partial charge is 0.381 e. The van der Waals surface area contributed by atoms with Crippen molar-refractivity contribution in [3.8, 4) is 0 Å². The Labute approximate surface area is 165 Å². The first kappa shape index (κ1) is 20.9. The molecule has 0 aromatic heterocycles. The maximum atomic E-state index is 6.10. The Balaban J connectivity index is 1.60. The molecule has 1 saturated heterocycles. The zero-order valence-electron chi connectivity index (χ0n) is 17.9. The minimum atomic E-state index is 0.145. The summed E-state index contributed by atoms with van der Waals surface area (Å²) in [4.78, 5) is 6.89. The summed E-state index contributed by atoms with van der Waals surface area (Å²) in [6, 6.07) is 0.477. The third-order valence-corrected chi connectivity index (χ3v) is 7.43. The Morgan fingerprint density at radius 2 is 1.85 bits per heavy atom. The summed E-state index contributed by atoms with van der Waals surface area (Å²) in [6.45, 7) is 5.52. The molecule has 2 N–H and O–H groups in total. The van der Waals surface area contributed by atoms with E-state index in [4.69, 9.17) is 9.47 Å². The van der Waals surface area contributed by atoms with Crippen molar-refractivity contribution in [1.82, 2.24) is 15.5 Å². The second-order valence-corrected chi connectivity index (χ2v) is 8.83. The molecule has 6 nitrogen and oxygen atoms in total. The minimum absolute atomic E-state index is 0.145. The summed E-state index contributed by atoms with van der Waals surface area (Å²) < 4.78 is 11.7. The molecule has 2 unspecified atom stereocenters. The van der Waals surface area contributed by atoms with Crippen LogP contribution in [0.25, 0.3) is 0 Å². The van der Waals surface area contributed by atoms with Gasteiger partial charge < -0.3 is 25.0 Å². The molecular formula is C21H40N4O2. The van der Waals surface area contributed by atoms with E-state index in [0.29, 0.717) is 17.6 Å². The van der Waals surface area contributed by atoms with Gasteiger partial charge in [-0.05, 0) is 53.1 Å². The van der Waals surface area contributed by atoms with Crippen LogP contribution in [-0.4, -0.2) is 76.1 Å². The van der Waals surface area contributed by atoms with Crippen molar-refractivity contribution in [1.29, 1.82) is 0 Å². The molecule has 3 rings (SSSR count). The van der Waals surface area contributed by atoms with Crippen molar-refractivity contribution < 1.29 is 9.47 Å². The lowest BCUT2D eigenvalue weighted by Gasteiger charge is -2.58. The molecule has 3 fully saturated rings. The number of hydrogen-bond donors (Lipinski definition) is 2. The molecule has 0 bridgehead atoms. The fraction of sp³-hybridized carbons (Fsp3) is 0.952. The van der Waals surface area contributed by atoms with E-state index in [1.165, 1.54) is 32.1 Å². The fourth-order valence-corrected chi connectivity index (χ4v) is 5.41. The zero-order chi connectivity index (χ0) is 19.3. The average Bonchev–Trinajstić information content (AvgIpc) is 2.70. The number of rotatable bonds is 6. The highest BCUT2D eigenvalue weighted by Gasteiger charge is 2.56. The molecule has 0 aromatic carbocycles. The smallest absolute Gasteiger partial charge is 0.191 e. The first-order chi connectivity index (χ1) is 13.1. The van der Waals surface area contributed by atoms with Gasteiger partial charge in [0.25, 0.3) is 0 Å². The maximum absolute atomic E-state index is 6.10. The molecule has 2 saturated carbocycles. The lowest BCUT2D eigenvalue weighted by molar-refractivity contribution is -0.145. The first-order valence-corrected chi connectivity index (χ1v) is 10.9. The number of likely N-dealkylation sites (N-methyl/N-ethyl adjacent to an activating group) is 1. The van der Waals surface area contributed by atoms with Crippen LogP contribution in [0.4, 0.5) is 0 Å². The third kappa shape index (κ3) is 4.28. The van der Waals surface area contributed by atoms with Gasteiger partial charge in [0.15, 0.2) is 5.96 Å². The van der Waals surface area contributed by atoms with Gasteiger partial charge in [-0.15, -0.1) is 0 Å². The van der Waals surface area contributed by atoms with Crippen LogP contribution in [0.15, 0.2) is 4.99 Å². The van der Waals surface area contributed by atoms with Crippen molar-refractivity contribution >= 4 is 5.96 Å². The number of guanidine groups is 1. The molecule has 6 heteroatoms. The Morgan fingerprint density at radius 1 is 1.15 bits per heavy atom. The van der Waals surface area contributed by atoms with Crippen molar-refractivity contribution in [3.63, 3.8) is 0 Å². The summed E-state index contributed by atoms with van der Waals surface area (Å²) in [5.41, 5.74) is 0.454. The molecule has 156 valence electrons. The Bertz CT molecular complexity index is 496. The quantitative estimate of drug-likeness (QED) is 0.547. The molecule has 27 heavy (non-hydrogen) atoms. The van der Waals surface area contributed by atoms with E-state index in [9.17, 15) is 0 Å². The number of ether oxygens (including phenoxy) is 2. The molecule has 3 aliphatic rings. The number of nitrogens with zero attached hydrogens (tertiary/aromatic N) is 2. The van der Waals surface area contributed by atoms with Gasteiger partial charge in [-0.25, -0.2) is 0 Å². The number of hydrogen-bond acceptors (Lipinski definition) is 4. The van der Waals surface area contributed by atoms with E-state index in [1.807, 2.05) is 7.05 Å². The van der Waals surface area contributed by atoms with Crippen LogP contribution in [0.5, 0.6) is 0 Å². The Hall–Kier alpha value is -0.850. The van der Waals surface area contributed by atoms with Gasteiger partial charge >= 0.3 is 0 Å². The van der Waals surface area contributed by atoms with Gasteiger partial charge in [0.05, 0.1) is 6.10 Å². The lowest BCUT2D eigenvalue weighted by atomic mass is 9.55. The normalized spacial score (nSPS) is 30.2. The minimum Gasteiger partial charge on any atom is -0.381 e. The van der Waals surface area contributed by atoms with Crippen LogP contribution in [0, 0.1) is 5.41 Å². The van der Waals surface area contributed by atoms with Crippen LogP contribution in [0.3, 0.4) is 0 Å². The second-order valence-electron chi connectivity index (χ2n) is 8.83. The molecule has 1 spiro atoms. The van der Waals surface area contributed by atoms with Crippen LogP contribution in [0.1, 0.15) is 58.3 Å². The van der Waals surface area contributed by atoms with Crippen LogP contribution in [0.2, 0.25) is 0 Å². The molecule has 2 atom stereocenters. The third-order valence-electron chi connectivity index (χ3n) is 7.43.